The summed E-state index contributed by atoms with van der Waals surface area (Å²) in [4.78, 5) is 41.3. The van der Waals surface area contributed by atoms with Crippen LogP contribution in [0.1, 0.15) is 36.9 Å². The van der Waals surface area contributed by atoms with E-state index in [4.69, 9.17) is 21.1 Å². The highest BCUT2D eigenvalue weighted by molar-refractivity contribution is 6.32. The lowest BCUT2D eigenvalue weighted by molar-refractivity contribution is 0.141. The molecule has 232 valence electrons. The molecule has 5 heterocycles. The van der Waals surface area contributed by atoms with Gasteiger partial charge in [0, 0.05) is 54.2 Å². The smallest absolute Gasteiger partial charge is 0.416 e. The number of aromatic nitrogens is 8. The Hall–Kier alpha value is -5.68. The summed E-state index contributed by atoms with van der Waals surface area (Å²) in [6.45, 7) is 0.0345. The first-order chi connectivity index (χ1) is 22.5. The van der Waals surface area contributed by atoms with Crippen molar-refractivity contribution in [3.8, 4) is 34.6 Å². The van der Waals surface area contributed by atoms with Crippen molar-refractivity contribution in [1.29, 1.82) is 5.26 Å². The first-order valence-electron chi connectivity index (χ1n) is 14.4. The molecule has 46 heavy (non-hydrogen) atoms. The third-order valence-corrected chi connectivity index (χ3v) is 7.82. The van der Waals surface area contributed by atoms with Gasteiger partial charge in [0.15, 0.2) is 0 Å². The minimum absolute atomic E-state index is 0.0310. The zero-order valence-electron chi connectivity index (χ0n) is 24.7. The summed E-state index contributed by atoms with van der Waals surface area (Å²) >= 11 is 6.23. The van der Waals surface area contributed by atoms with E-state index >= 15 is 0 Å². The number of nitrogens with zero attached hydrogens (tertiary/aromatic N) is 9. The monoisotopic (exact) mass is 637 g/mol. The van der Waals surface area contributed by atoms with E-state index in [9.17, 15) is 10.1 Å². The molecule has 2 N–H and O–H groups in total. The number of hydrogen-bond acceptors (Lipinski definition) is 12. The zero-order valence-corrected chi connectivity index (χ0v) is 25.4. The van der Waals surface area contributed by atoms with Crippen molar-refractivity contribution in [3.05, 3.63) is 83.8 Å². The first-order valence-corrected chi connectivity index (χ1v) is 14.8. The number of carbonyl (C=O) groups is 1. The van der Waals surface area contributed by atoms with Gasteiger partial charge in [-0.1, -0.05) is 17.7 Å². The molecule has 1 fully saturated rings. The number of H-pyrrole nitrogens is 1. The van der Waals surface area contributed by atoms with Crippen LogP contribution in [-0.4, -0.2) is 65.4 Å². The molecule has 0 bridgehead atoms. The Morgan fingerprint density at radius 2 is 1.83 bits per heavy atom. The van der Waals surface area contributed by atoms with Gasteiger partial charge in [0.25, 0.3) is 0 Å². The highest BCUT2D eigenvalue weighted by Crippen LogP contribution is 2.31. The maximum Gasteiger partial charge on any atom is 0.416 e. The summed E-state index contributed by atoms with van der Waals surface area (Å²) < 4.78 is 10.8. The summed E-state index contributed by atoms with van der Waals surface area (Å²) in [5.41, 5.74) is 3.19. The van der Waals surface area contributed by atoms with E-state index in [1.54, 1.807) is 47.9 Å². The minimum Gasteiger partial charge on any atom is -0.467 e. The van der Waals surface area contributed by atoms with Crippen LogP contribution in [0.4, 0.5) is 16.6 Å². The average Bonchev–Trinajstić information content (AvgIpc) is 3.54. The second-order valence-corrected chi connectivity index (χ2v) is 10.8. The molecule has 0 aromatic carbocycles. The number of hydrogen-bond donors (Lipinski definition) is 2. The Labute approximate surface area is 268 Å². The molecule has 1 aliphatic carbocycles. The molecule has 6 rings (SSSR count). The topological polar surface area (TPSA) is 181 Å². The number of amides is 1. The predicted molar refractivity (Wildman–Crippen MR) is 168 cm³/mol. The van der Waals surface area contributed by atoms with Gasteiger partial charge in [-0.05, 0) is 49.9 Å². The summed E-state index contributed by atoms with van der Waals surface area (Å²) in [6, 6.07) is 11.3. The highest BCUT2D eigenvalue weighted by Gasteiger charge is 2.32. The van der Waals surface area contributed by atoms with Crippen LogP contribution < -0.4 is 15.0 Å². The number of anilines is 2. The van der Waals surface area contributed by atoms with Crippen molar-refractivity contribution in [2.45, 2.75) is 44.4 Å². The van der Waals surface area contributed by atoms with E-state index in [1.165, 1.54) is 19.5 Å². The number of ether oxygens (including phenoxy) is 2. The summed E-state index contributed by atoms with van der Waals surface area (Å²) in [6.07, 6.45) is 11.9. The standard InChI is InChI=1S/C31H28ClN11O3/c1-45-30-37-15-21(16-38-30)19-5-10-26(35-13-19)43(31(44)46-18-23-4-2-3-11-34-23)24-8-6-22(7-9-24)40-29-36-14-20(12-33)27(41-29)28-25(32)17-39-42-28/h2-5,10-11,13-17,22,24H,6-9,18H2,1H3,(H,39,42)(H,36,40,41)/t22-,24-. The lowest BCUT2D eigenvalue weighted by atomic mass is 9.90. The van der Waals surface area contributed by atoms with Crippen molar-refractivity contribution in [2.75, 3.05) is 17.3 Å². The van der Waals surface area contributed by atoms with Crippen molar-refractivity contribution >= 4 is 29.5 Å². The molecule has 5 aromatic rings. The Morgan fingerprint density at radius 3 is 2.48 bits per heavy atom. The Bertz CT molecular complexity index is 1820. The maximum atomic E-state index is 13.6. The maximum absolute atomic E-state index is 13.6. The summed E-state index contributed by atoms with van der Waals surface area (Å²) in [5, 5.41) is 20.1. The van der Waals surface area contributed by atoms with Crippen molar-refractivity contribution in [3.63, 3.8) is 0 Å². The molecule has 15 heteroatoms. The number of methoxy groups -OCH3 is 1. The third kappa shape index (κ3) is 6.84. The van der Waals surface area contributed by atoms with E-state index in [2.05, 4.69) is 51.5 Å². The Balaban J connectivity index is 1.17. The van der Waals surface area contributed by atoms with Crippen LogP contribution in [0.25, 0.3) is 22.5 Å². The number of nitriles is 1. The molecule has 0 spiro atoms. The van der Waals surface area contributed by atoms with Gasteiger partial charge in [-0.25, -0.2) is 29.7 Å². The number of nitrogens with one attached hydrogen (secondary N) is 2. The largest absolute Gasteiger partial charge is 0.467 e. The molecule has 0 saturated heterocycles. The van der Waals surface area contributed by atoms with Gasteiger partial charge in [-0.2, -0.15) is 10.4 Å². The van der Waals surface area contributed by atoms with E-state index in [1.807, 2.05) is 12.1 Å². The third-order valence-electron chi connectivity index (χ3n) is 7.53. The van der Waals surface area contributed by atoms with Crippen LogP contribution in [-0.2, 0) is 11.3 Å². The molecule has 5 aromatic heterocycles. The molecule has 0 radical (unpaired) electrons. The molecule has 0 unspecified atom stereocenters. The molecule has 1 aliphatic rings. The molecule has 14 nitrogen and oxygen atoms in total. The van der Waals surface area contributed by atoms with Crippen LogP contribution in [0.2, 0.25) is 5.02 Å². The van der Waals surface area contributed by atoms with Crippen molar-refractivity contribution in [2.24, 2.45) is 0 Å². The fourth-order valence-corrected chi connectivity index (χ4v) is 5.38. The van der Waals surface area contributed by atoms with Gasteiger partial charge >= 0.3 is 12.1 Å². The number of rotatable bonds is 9. The van der Waals surface area contributed by atoms with E-state index in [0.717, 1.165) is 24.0 Å². The van der Waals surface area contributed by atoms with Gasteiger partial charge in [0.05, 0.1) is 29.6 Å². The van der Waals surface area contributed by atoms with E-state index in [0.29, 0.717) is 46.7 Å². The van der Waals surface area contributed by atoms with Crippen LogP contribution in [0.15, 0.2) is 67.5 Å². The quantitative estimate of drug-likeness (QED) is 0.215. The zero-order chi connectivity index (χ0) is 31.9. The fourth-order valence-electron chi connectivity index (χ4n) is 5.20. The normalized spacial score (nSPS) is 15.8. The van der Waals surface area contributed by atoms with Gasteiger partial charge in [-0.3, -0.25) is 15.0 Å². The molecule has 0 atom stereocenters. The molecular formula is C31H28ClN11O3. The van der Waals surface area contributed by atoms with Crippen LogP contribution >= 0.6 is 11.6 Å². The summed E-state index contributed by atoms with van der Waals surface area (Å²) in [5.74, 6) is 0.833. The van der Waals surface area contributed by atoms with Crippen LogP contribution in [0, 0.1) is 11.3 Å². The molecule has 1 saturated carbocycles. The molecular weight excluding hydrogens is 610 g/mol. The average molecular weight is 638 g/mol. The number of aromatic amines is 1. The van der Waals surface area contributed by atoms with E-state index < -0.39 is 6.09 Å². The lowest BCUT2D eigenvalue weighted by Crippen LogP contribution is -2.45. The fraction of sp³-hybridized carbons (Fsp3) is 0.258. The van der Waals surface area contributed by atoms with E-state index in [-0.39, 0.29) is 30.3 Å². The van der Waals surface area contributed by atoms with Gasteiger partial charge in [-0.15, -0.1) is 0 Å². The first kappa shape index (κ1) is 30.4. The van der Waals surface area contributed by atoms with Crippen molar-refractivity contribution in [1.82, 2.24) is 40.1 Å². The summed E-state index contributed by atoms with van der Waals surface area (Å²) in [7, 11) is 1.51. The number of carbonyl (C=O) groups excluding carboxylic acids is 1. The molecule has 1 amide bonds. The highest BCUT2D eigenvalue weighted by atomic mass is 35.5. The predicted octanol–water partition coefficient (Wildman–Crippen LogP) is 5.21. The SMILES string of the molecule is COc1ncc(-c2ccc(N(C(=O)OCc3ccccn3)[C@H]3CC[C@H](Nc4ncc(C#N)c(-c5n[nH]cc5Cl)n4)CC3)nc2)cn1. The Morgan fingerprint density at radius 1 is 1.02 bits per heavy atom. The molecule has 0 aliphatic heterocycles. The number of halogens is 1. The van der Waals surface area contributed by atoms with Crippen LogP contribution in [0.3, 0.4) is 0 Å². The second-order valence-electron chi connectivity index (χ2n) is 10.4. The number of pyridine rings is 2. The van der Waals surface area contributed by atoms with Gasteiger partial charge in [0.2, 0.25) is 5.95 Å². The Kier molecular flexibility index (Phi) is 9.21. The minimum atomic E-state index is -0.508. The van der Waals surface area contributed by atoms with Gasteiger partial charge in [0.1, 0.15) is 29.9 Å². The second kappa shape index (κ2) is 14.0. The van der Waals surface area contributed by atoms with Crippen LogP contribution in [0.5, 0.6) is 6.01 Å². The van der Waals surface area contributed by atoms with Gasteiger partial charge < -0.3 is 14.8 Å². The van der Waals surface area contributed by atoms with Crippen molar-refractivity contribution < 1.29 is 14.3 Å². The lowest BCUT2D eigenvalue weighted by Gasteiger charge is -2.36.